The van der Waals surface area contributed by atoms with Gasteiger partial charge in [-0.15, -0.1) is 0 Å². The molecule has 0 fully saturated rings. The molecule has 0 aliphatic rings. The highest BCUT2D eigenvalue weighted by atomic mass is 35.5. The number of anilines is 1. The van der Waals surface area contributed by atoms with Gasteiger partial charge in [0.05, 0.1) is 17.5 Å². The minimum absolute atomic E-state index is 0.104. The number of hydrogen-bond donors (Lipinski definition) is 2. The predicted octanol–water partition coefficient (Wildman–Crippen LogP) is 1.44. The quantitative estimate of drug-likeness (QED) is 0.830. The average Bonchev–Trinajstić information content (AvgIpc) is 2.31. The third-order valence-electron chi connectivity index (χ3n) is 2.40. The SMILES string of the molecule is CCn1ncc(NCC(C)(O)CSC)c(Cl)c1=O. The standard InChI is InChI=1S/C11H18ClN3O2S/c1-4-15-10(16)9(12)8(5-14-15)13-6-11(2,17)7-18-3/h5,13,17H,4,6-7H2,1-3H3. The number of thioether (sulfide) groups is 1. The fraction of sp³-hybridized carbons (Fsp3) is 0.636. The lowest BCUT2D eigenvalue weighted by Crippen LogP contribution is -2.36. The molecule has 0 spiro atoms. The molecule has 1 heterocycles. The Bertz CT molecular complexity index is 462. The molecule has 0 bridgehead atoms. The molecule has 0 radical (unpaired) electrons. The Labute approximate surface area is 116 Å². The molecule has 2 N–H and O–H groups in total. The lowest BCUT2D eigenvalue weighted by molar-refractivity contribution is 0.0997. The largest absolute Gasteiger partial charge is 0.387 e. The van der Waals surface area contributed by atoms with Gasteiger partial charge in [-0.1, -0.05) is 11.6 Å². The van der Waals surface area contributed by atoms with Crippen LogP contribution in [0.15, 0.2) is 11.0 Å². The van der Waals surface area contributed by atoms with Crippen molar-refractivity contribution in [2.75, 3.05) is 23.9 Å². The van der Waals surface area contributed by atoms with Crippen molar-refractivity contribution in [3.05, 3.63) is 21.6 Å². The number of nitrogens with zero attached hydrogens (tertiary/aromatic N) is 2. The van der Waals surface area contributed by atoms with Gasteiger partial charge in [-0.3, -0.25) is 4.79 Å². The molecule has 0 aromatic carbocycles. The topological polar surface area (TPSA) is 67.2 Å². The summed E-state index contributed by atoms with van der Waals surface area (Å²) >= 11 is 7.51. The van der Waals surface area contributed by atoms with Crippen LogP contribution in [0.1, 0.15) is 13.8 Å². The van der Waals surface area contributed by atoms with Crippen LogP contribution >= 0.6 is 23.4 Å². The molecule has 7 heteroatoms. The number of halogens is 1. The minimum atomic E-state index is -0.859. The fourth-order valence-corrected chi connectivity index (χ4v) is 2.40. The van der Waals surface area contributed by atoms with Crippen molar-refractivity contribution in [3.63, 3.8) is 0 Å². The average molecular weight is 292 g/mol. The maximum Gasteiger partial charge on any atom is 0.287 e. The van der Waals surface area contributed by atoms with Gasteiger partial charge in [0.25, 0.3) is 5.56 Å². The van der Waals surface area contributed by atoms with E-state index in [1.165, 1.54) is 10.9 Å². The van der Waals surface area contributed by atoms with Crippen LogP contribution in [0.3, 0.4) is 0 Å². The first-order chi connectivity index (χ1) is 8.41. The highest BCUT2D eigenvalue weighted by Crippen LogP contribution is 2.17. The summed E-state index contributed by atoms with van der Waals surface area (Å²) in [6.07, 6.45) is 3.42. The Balaban J connectivity index is 2.81. The van der Waals surface area contributed by atoms with Crippen LogP contribution in [0.25, 0.3) is 0 Å². The second kappa shape index (κ2) is 6.45. The minimum Gasteiger partial charge on any atom is -0.387 e. The second-order valence-corrected chi connectivity index (χ2v) is 5.52. The van der Waals surface area contributed by atoms with Gasteiger partial charge >= 0.3 is 0 Å². The zero-order valence-electron chi connectivity index (χ0n) is 10.7. The van der Waals surface area contributed by atoms with E-state index in [-0.39, 0.29) is 10.6 Å². The Morgan fingerprint density at radius 2 is 2.33 bits per heavy atom. The molecule has 1 rings (SSSR count). The van der Waals surface area contributed by atoms with Crippen LogP contribution < -0.4 is 10.9 Å². The van der Waals surface area contributed by atoms with Crippen molar-refractivity contribution in [2.24, 2.45) is 0 Å². The Morgan fingerprint density at radius 1 is 1.67 bits per heavy atom. The molecular weight excluding hydrogens is 274 g/mol. The van der Waals surface area contributed by atoms with Crippen LogP contribution in [0, 0.1) is 0 Å². The van der Waals surface area contributed by atoms with E-state index >= 15 is 0 Å². The van der Waals surface area contributed by atoms with Crippen molar-refractivity contribution in [1.29, 1.82) is 0 Å². The number of nitrogens with one attached hydrogen (secondary N) is 1. The van der Waals surface area contributed by atoms with E-state index in [1.54, 1.807) is 18.7 Å². The molecule has 1 atom stereocenters. The monoisotopic (exact) mass is 291 g/mol. The van der Waals surface area contributed by atoms with Crippen molar-refractivity contribution in [3.8, 4) is 0 Å². The summed E-state index contributed by atoms with van der Waals surface area (Å²) in [5.74, 6) is 0.594. The summed E-state index contributed by atoms with van der Waals surface area (Å²) in [7, 11) is 0. The predicted molar refractivity (Wildman–Crippen MR) is 76.7 cm³/mol. The van der Waals surface area contributed by atoms with Crippen LogP contribution in [-0.4, -0.2) is 39.0 Å². The molecule has 1 aromatic rings. The smallest absolute Gasteiger partial charge is 0.287 e. The van der Waals surface area contributed by atoms with Gasteiger partial charge < -0.3 is 10.4 Å². The first kappa shape index (κ1) is 15.3. The van der Waals surface area contributed by atoms with Crippen molar-refractivity contribution in [2.45, 2.75) is 26.0 Å². The Kier molecular flexibility index (Phi) is 5.49. The number of aromatic nitrogens is 2. The van der Waals surface area contributed by atoms with Gasteiger partial charge in [-0.25, -0.2) is 4.68 Å². The highest BCUT2D eigenvalue weighted by Gasteiger charge is 2.20. The van der Waals surface area contributed by atoms with Crippen LogP contribution in [0.2, 0.25) is 5.02 Å². The molecule has 18 heavy (non-hydrogen) atoms. The van der Waals surface area contributed by atoms with Gasteiger partial charge in [0.2, 0.25) is 0 Å². The molecule has 102 valence electrons. The van der Waals surface area contributed by atoms with Gasteiger partial charge in [-0.05, 0) is 20.1 Å². The number of hydrogen-bond acceptors (Lipinski definition) is 5. The molecule has 0 aliphatic carbocycles. The molecule has 5 nitrogen and oxygen atoms in total. The summed E-state index contributed by atoms with van der Waals surface area (Å²) in [4.78, 5) is 11.7. The molecule has 0 saturated heterocycles. The van der Waals surface area contributed by atoms with Crippen LogP contribution in [0.5, 0.6) is 0 Å². The van der Waals surface area contributed by atoms with E-state index in [4.69, 9.17) is 11.6 Å². The van der Waals surface area contributed by atoms with Crippen LogP contribution in [0.4, 0.5) is 5.69 Å². The first-order valence-corrected chi connectivity index (χ1v) is 7.39. The second-order valence-electron chi connectivity index (χ2n) is 4.28. The van der Waals surface area contributed by atoms with Gasteiger partial charge in [0.1, 0.15) is 5.02 Å². The lowest BCUT2D eigenvalue weighted by atomic mass is 10.1. The van der Waals surface area contributed by atoms with E-state index < -0.39 is 5.60 Å². The lowest BCUT2D eigenvalue weighted by Gasteiger charge is -2.23. The van der Waals surface area contributed by atoms with Crippen LogP contribution in [-0.2, 0) is 6.54 Å². The normalized spacial score (nSPS) is 14.3. The van der Waals surface area contributed by atoms with E-state index in [9.17, 15) is 9.90 Å². The first-order valence-electron chi connectivity index (χ1n) is 5.62. The molecule has 0 amide bonds. The zero-order valence-corrected chi connectivity index (χ0v) is 12.3. The van der Waals surface area contributed by atoms with Crippen molar-refractivity contribution >= 4 is 29.1 Å². The van der Waals surface area contributed by atoms with E-state index in [0.29, 0.717) is 24.5 Å². The zero-order chi connectivity index (χ0) is 13.8. The number of aliphatic hydroxyl groups is 1. The van der Waals surface area contributed by atoms with Gasteiger partial charge in [0, 0.05) is 18.8 Å². The number of rotatable bonds is 6. The third-order valence-corrected chi connectivity index (χ3v) is 3.68. The molecule has 0 aliphatic heterocycles. The summed E-state index contributed by atoms with van der Waals surface area (Å²) in [5, 5.41) is 17.0. The fourth-order valence-electron chi connectivity index (χ4n) is 1.46. The number of aryl methyl sites for hydroxylation is 1. The maximum absolute atomic E-state index is 11.7. The third kappa shape index (κ3) is 3.90. The van der Waals surface area contributed by atoms with Gasteiger partial charge in [0.15, 0.2) is 0 Å². The summed E-state index contributed by atoms with van der Waals surface area (Å²) in [6, 6.07) is 0. The Hall–Kier alpha value is -0.720. The molecule has 0 saturated carbocycles. The van der Waals surface area contributed by atoms with E-state index in [2.05, 4.69) is 10.4 Å². The molecule has 1 aromatic heterocycles. The summed E-state index contributed by atoms with van der Waals surface area (Å²) in [6.45, 7) is 4.33. The highest BCUT2D eigenvalue weighted by molar-refractivity contribution is 7.98. The van der Waals surface area contributed by atoms with E-state index in [0.717, 1.165) is 0 Å². The van der Waals surface area contributed by atoms with Crippen molar-refractivity contribution < 1.29 is 5.11 Å². The van der Waals surface area contributed by atoms with Crippen molar-refractivity contribution in [1.82, 2.24) is 9.78 Å². The summed E-state index contributed by atoms with van der Waals surface area (Å²) < 4.78 is 1.29. The molecular formula is C11H18ClN3O2S. The Morgan fingerprint density at radius 3 is 2.89 bits per heavy atom. The molecule has 1 unspecified atom stereocenters. The van der Waals surface area contributed by atoms with E-state index in [1.807, 2.05) is 13.2 Å². The van der Waals surface area contributed by atoms with Gasteiger partial charge in [-0.2, -0.15) is 16.9 Å². The summed E-state index contributed by atoms with van der Waals surface area (Å²) in [5.41, 5.74) is -0.732. The maximum atomic E-state index is 11.7.